The molecule has 0 fully saturated rings. The highest BCUT2D eigenvalue weighted by Gasteiger charge is 2.28. The SMILES string of the molecule is CNCCOCCOCCOCCOCCOCCOCCOCCOCCOCCNC(=O)OCC1c2ccccc2-c2ccccc21. The second-order valence-corrected chi connectivity index (χ2v) is 10.9. The van der Waals surface area contributed by atoms with E-state index in [1.807, 2.05) is 31.3 Å². The molecule has 0 saturated carbocycles. The number of hydrogen-bond donors (Lipinski definition) is 2. The van der Waals surface area contributed by atoms with Gasteiger partial charge in [0.25, 0.3) is 0 Å². The van der Waals surface area contributed by atoms with Crippen molar-refractivity contribution in [3.63, 3.8) is 0 Å². The molecular weight excluding hydrogens is 636 g/mol. The van der Waals surface area contributed by atoms with E-state index in [-0.39, 0.29) is 12.5 Å². The average Bonchev–Trinajstić information content (AvgIpc) is 3.45. The number of benzene rings is 2. The molecule has 1 aliphatic rings. The number of amides is 1. The number of alkyl carbamates (subject to hydrolysis) is 1. The molecule has 3 rings (SSSR count). The first-order valence-corrected chi connectivity index (χ1v) is 17.2. The molecule has 0 unspecified atom stereocenters. The summed E-state index contributed by atoms with van der Waals surface area (Å²) in [5, 5.41) is 5.76. The van der Waals surface area contributed by atoms with Gasteiger partial charge in [0.15, 0.2) is 0 Å². The number of hydrogen-bond acceptors (Lipinski definition) is 12. The van der Waals surface area contributed by atoms with Crippen LogP contribution in [0.25, 0.3) is 11.1 Å². The van der Waals surface area contributed by atoms with Gasteiger partial charge in [-0.3, -0.25) is 0 Å². The molecule has 0 heterocycles. The van der Waals surface area contributed by atoms with Crippen LogP contribution in [0.4, 0.5) is 4.79 Å². The van der Waals surface area contributed by atoms with E-state index < -0.39 is 6.09 Å². The van der Waals surface area contributed by atoms with Gasteiger partial charge in [-0.15, -0.1) is 0 Å². The van der Waals surface area contributed by atoms with E-state index in [1.165, 1.54) is 22.3 Å². The van der Waals surface area contributed by atoms with E-state index in [4.69, 9.17) is 47.4 Å². The van der Waals surface area contributed by atoms with E-state index in [0.29, 0.717) is 125 Å². The van der Waals surface area contributed by atoms with Crippen molar-refractivity contribution in [3.8, 4) is 11.1 Å². The molecule has 0 radical (unpaired) electrons. The standard InChI is InChI=1S/C36H56N2O11/c1-37-10-12-40-14-16-42-18-20-44-22-24-46-26-28-48-29-27-47-25-23-45-21-19-43-17-15-41-13-11-38-36(39)49-30-35-33-8-4-2-6-31(33)32-7-3-5-9-34(32)35/h2-9,35,37H,10-30H2,1H3,(H,38,39). The van der Waals surface area contributed by atoms with Crippen molar-refractivity contribution in [1.82, 2.24) is 10.6 Å². The molecule has 0 aliphatic heterocycles. The van der Waals surface area contributed by atoms with Crippen LogP contribution in [0.15, 0.2) is 48.5 Å². The summed E-state index contributed by atoms with van der Waals surface area (Å²) in [5.41, 5.74) is 4.78. The average molecular weight is 693 g/mol. The zero-order valence-corrected chi connectivity index (χ0v) is 29.0. The molecule has 0 spiro atoms. The van der Waals surface area contributed by atoms with Gasteiger partial charge in [-0.1, -0.05) is 48.5 Å². The largest absolute Gasteiger partial charge is 0.449 e. The molecule has 2 N–H and O–H groups in total. The quantitative estimate of drug-likeness (QED) is 0.109. The molecule has 0 saturated heterocycles. The molecule has 0 aromatic heterocycles. The highest BCUT2D eigenvalue weighted by molar-refractivity contribution is 5.79. The zero-order valence-electron chi connectivity index (χ0n) is 29.0. The van der Waals surface area contributed by atoms with Crippen molar-refractivity contribution in [2.24, 2.45) is 0 Å². The smallest absolute Gasteiger partial charge is 0.407 e. The Labute approximate surface area is 291 Å². The molecule has 0 atom stereocenters. The topological polar surface area (TPSA) is 133 Å². The monoisotopic (exact) mass is 692 g/mol. The molecule has 13 nitrogen and oxygen atoms in total. The number of ether oxygens (including phenoxy) is 10. The van der Waals surface area contributed by atoms with Crippen molar-refractivity contribution >= 4 is 6.09 Å². The lowest BCUT2D eigenvalue weighted by atomic mass is 9.98. The van der Waals surface area contributed by atoms with Crippen LogP contribution in [0.1, 0.15) is 17.0 Å². The van der Waals surface area contributed by atoms with Crippen LogP contribution in [0.3, 0.4) is 0 Å². The third kappa shape index (κ3) is 18.2. The Balaban J connectivity index is 0.979. The van der Waals surface area contributed by atoms with Gasteiger partial charge in [0.1, 0.15) is 6.61 Å². The summed E-state index contributed by atoms with van der Waals surface area (Å²) in [6, 6.07) is 16.5. The second-order valence-electron chi connectivity index (χ2n) is 10.9. The third-order valence-corrected chi connectivity index (χ3v) is 7.33. The first kappa shape index (κ1) is 40.7. The van der Waals surface area contributed by atoms with Gasteiger partial charge in [-0.05, 0) is 29.3 Å². The summed E-state index contributed by atoms with van der Waals surface area (Å²) in [7, 11) is 1.89. The Morgan fingerprint density at radius 3 is 1.18 bits per heavy atom. The van der Waals surface area contributed by atoms with Crippen molar-refractivity contribution < 1.29 is 52.2 Å². The maximum absolute atomic E-state index is 12.2. The van der Waals surface area contributed by atoms with E-state index in [0.717, 1.165) is 6.54 Å². The predicted octanol–water partition coefficient (Wildman–Crippen LogP) is 2.89. The number of fused-ring (bicyclic) bond motifs is 3. The summed E-state index contributed by atoms with van der Waals surface area (Å²) < 4.78 is 54.7. The Bertz CT molecular complexity index is 1060. The normalized spacial score (nSPS) is 12.3. The third-order valence-electron chi connectivity index (χ3n) is 7.33. The Hall–Kier alpha value is -2.69. The fraction of sp³-hybridized carbons (Fsp3) is 0.639. The minimum absolute atomic E-state index is 0.0400. The van der Waals surface area contributed by atoms with E-state index in [9.17, 15) is 4.79 Å². The first-order valence-electron chi connectivity index (χ1n) is 17.2. The number of nitrogens with one attached hydrogen (secondary N) is 2. The van der Waals surface area contributed by atoms with Crippen LogP contribution >= 0.6 is 0 Å². The Morgan fingerprint density at radius 1 is 0.490 bits per heavy atom. The van der Waals surface area contributed by atoms with E-state index in [1.54, 1.807) is 0 Å². The molecule has 1 amide bonds. The van der Waals surface area contributed by atoms with Crippen LogP contribution < -0.4 is 10.6 Å². The van der Waals surface area contributed by atoms with Gasteiger partial charge in [-0.2, -0.15) is 0 Å². The maximum atomic E-state index is 12.2. The van der Waals surface area contributed by atoms with Crippen molar-refractivity contribution in [2.45, 2.75) is 5.92 Å². The summed E-state index contributed by atoms with van der Waals surface area (Å²) in [5.74, 6) is 0.0400. The van der Waals surface area contributed by atoms with Gasteiger partial charge in [0.2, 0.25) is 0 Å². The highest BCUT2D eigenvalue weighted by atomic mass is 16.6. The molecule has 1 aliphatic carbocycles. The Kier molecular flexibility index (Phi) is 23.3. The molecule has 276 valence electrons. The summed E-state index contributed by atoms with van der Waals surface area (Å²) in [6.07, 6.45) is -0.450. The minimum atomic E-state index is -0.450. The Morgan fingerprint density at radius 2 is 0.816 bits per heavy atom. The molecule has 49 heavy (non-hydrogen) atoms. The summed E-state index contributed by atoms with van der Waals surface area (Å²) in [4.78, 5) is 12.2. The predicted molar refractivity (Wildman–Crippen MR) is 184 cm³/mol. The highest BCUT2D eigenvalue weighted by Crippen LogP contribution is 2.44. The summed E-state index contributed by atoms with van der Waals surface area (Å²) >= 11 is 0. The van der Waals surface area contributed by atoms with E-state index in [2.05, 4.69) is 34.9 Å². The number of carbonyl (C=O) groups is 1. The lowest BCUT2D eigenvalue weighted by Crippen LogP contribution is -2.29. The maximum Gasteiger partial charge on any atom is 0.407 e. The fourth-order valence-electron chi connectivity index (χ4n) is 4.91. The van der Waals surface area contributed by atoms with Gasteiger partial charge >= 0.3 is 6.09 Å². The van der Waals surface area contributed by atoms with Crippen molar-refractivity contribution in [3.05, 3.63) is 59.7 Å². The van der Waals surface area contributed by atoms with Crippen molar-refractivity contribution in [2.75, 3.05) is 146 Å². The first-order chi connectivity index (χ1) is 24.3. The van der Waals surface area contributed by atoms with Gasteiger partial charge in [0.05, 0.1) is 119 Å². The fourth-order valence-corrected chi connectivity index (χ4v) is 4.91. The van der Waals surface area contributed by atoms with Crippen LogP contribution in [0, 0.1) is 0 Å². The molecule has 13 heteroatoms. The molecular formula is C36H56N2O11. The molecule has 2 aromatic rings. The summed E-state index contributed by atoms with van der Waals surface area (Å²) in [6.45, 7) is 10.6. The van der Waals surface area contributed by atoms with Gasteiger partial charge in [-0.25, -0.2) is 4.79 Å². The van der Waals surface area contributed by atoms with Crippen molar-refractivity contribution in [1.29, 1.82) is 0 Å². The van der Waals surface area contributed by atoms with E-state index >= 15 is 0 Å². The van der Waals surface area contributed by atoms with Crippen LogP contribution in [-0.4, -0.2) is 152 Å². The second kappa shape index (κ2) is 28.1. The lowest BCUT2D eigenvalue weighted by Gasteiger charge is -2.14. The number of likely N-dealkylation sites (N-methyl/N-ethyl adjacent to an activating group) is 1. The zero-order chi connectivity index (χ0) is 34.5. The number of carbonyl (C=O) groups excluding carboxylic acids is 1. The minimum Gasteiger partial charge on any atom is -0.449 e. The lowest BCUT2D eigenvalue weighted by molar-refractivity contribution is -0.0248. The van der Waals surface area contributed by atoms with Gasteiger partial charge in [0, 0.05) is 19.0 Å². The number of rotatable bonds is 32. The van der Waals surface area contributed by atoms with Gasteiger partial charge < -0.3 is 58.0 Å². The van der Waals surface area contributed by atoms with Crippen LogP contribution in [0.2, 0.25) is 0 Å². The van der Waals surface area contributed by atoms with Crippen LogP contribution in [0.5, 0.6) is 0 Å². The molecule has 0 bridgehead atoms. The van der Waals surface area contributed by atoms with Crippen LogP contribution in [-0.2, 0) is 47.4 Å². The molecule has 2 aromatic carbocycles.